The molecule has 0 spiro atoms. The summed E-state index contributed by atoms with van der Waals surface area (Å²) in [6.07, 6.45) is 1.76. The molecule has 3 rings (SSSR count). The first-order valence-electron chi connectivity index (χ1n) is 8.14. The van der Waals surface area contributed by atoms with E-state index < -0.39 is 0 Å². The van der Waals surface area contributed by atoms with Crippen molar-refractivity contribution in [3.63, 3.8) is 0 Å². The van der Waals surface area contributed by atoms with Crippen molar-refractivity contribution >= 4 is 11.6 Å². The normalized spacial score (nSPS) is 10.4. The first-order valence-corrected chi connectivity index (χ1v) is 8.52. The van der Waals surface area contributed by atoms with Crippen LogP contribution in [0.2, 0.25) is 5.02 Å². The minimum atomic E-state index is 0.0595. The summed E-state index contributed by atoms with van der Waals surface area (Å²) in [5.74, 6) is 2.37. The lowest BCUT2D eigenvalue weighted by Crippen LogP contribution is -1.99. The summed E-state index contributed by atoms with van der Waals surface area (Å²) in [4.78, 5) is 0. The van der Waals surface area contributed by atoms with Crippen LogP contribution in [0.25, 0.3) is 0 Å². The maximum Gasteiger partial charge on any atom is 0.134 e. The summed E-state index contributed by atoms with van der Waals surface area (Å²) in [5, 5.41) is 9.69. The van der Waals surface area contributed by atoms with Gasteiger partial charge in [-0.3, -0.25) is 0 Å². The fourth-order valence-corrected chi connectivity index (χ4v) is 2.60. The molecular formula is C21H19ClO3. The van der Waals surface area contributed by atoms with Crippen LogP contribution in [-0.4, -0.2) is 11.7 Å². The molecule has 3 nitrogen and oxygen atoms in total. The predicted octanol–water partition coefficient (Wildman–Crippen LogP) is 5.85. The molecule has 0 fully saturated rings. The number of phenols is 1. The van der Waals surface area contributed by atoms with Crippen LogP contribution in [0.5, 0.6) is 23.0 Å². The van der Waals surface area contributed by atoms with E-state index in [-0.39, 0.29) is 5.75 Å². The summed E-state index contributed by atoms with van der Waals surface area (Å²) >= 11 is 5.86. The van der Waals surface area contributed by atoms with Gasteiger partial charge in [-0.15, -0.1) is 0 Å². The number of rotatable bonds is 7. The molecule has 0 unspecified atom stereocenters. The zero-order valence-corrected chi connectivity index (χ0v) is 14.4. The molecule has 25 heavy (non-hydrogen) atoms. The summed E-state index contributed by atoms with van der Waals surface area (Å²) in [7, 11) is 0. The molecule has 0 amide bonds. The molecule has 0 aliphatic rings. The third kappa shape index (κ3) is 5.16. The second kappa shape index (κ2) is 8.45. The minimum Gasteiger partial charge on any atom is -0.506 e. The van der Waals surface area contributed by atoms with Crippen molar-refractivity contribution in [1.82, 2.24) is 0 Å². The van der Waals surface area contributed by atoms with Crippen LogP contribution in [0.15, 0.2) is 72.8 Å². The van der Waals surface area contributed by atoms with Gasteiger partial charge in [0.05, 0.1) is 11.6 Å². The van der Waals surface area contributed by atoms with E-state index in [1.807, 2.05) is 48.5 Å². The molecular weight excluding hydrogens is 336 g/mol. The fraction of sp³-hybridized carbons (Fsp3) is 0.143. The largest absolute Gasteiger partial charge is 0.506 e. The highest BCUT2D eigenvalue weighted by Crippen LogP contribution is 2.27. The number of aromatic hydroxyl groups is 1. The third-order valence-electron chi connectivity index (χ3n) is 3.68. The molecule has 0 saturated carbocycles. The quantitative estimate of drug-likeness (QED) is 0.541. The number of aryl methyl sites for hydroxylation is 1. The number of halogens is 1. The van der Waals surface area contributed by atoms with Crippen LogP contribution in [0.1, 0.15) is 12.0 Å². The Bertz CT molecular complexity index is 818. The van der Waals surface area contributed by atoms with Crippen LogP contribution in [-0.2, 0) is 6.42 Å². The smallest absolute Gasteiger partial charge is 0.134 e. The van der Waals surface area contributed by atoms with Gasteiger partial charge < -0.3 is 14.6 Å². The first kappa shape index (κ1) is 17.2. The van der Waals surface area contributed by atoms with Crippen molar-refractivity contribution in [3.05, 3.63) is 83.4 Å². The molecule has 1 N–H and O–H groups in total. The first-order chi connectivity index (χ1) is 12.2. The monoisotopic (exact) mass is 354 g/mol. The van der Waals surface area contributed by atoms with Crippen LogP contribution < -0.4 is 9.47 Å². The van der Waals surface area contributed by atoms with Crippen molar-refractivity contribution in [3.8, 4) is 23.0 Å². The molecule has 0 radical (unpaired) electrons. The van der Waals surface area contributed by atoms with Gasteiger partial charge in [0.1, 0.15) is 23.0 Å². The summed E-state index contributed by atoms with van der Waals surface area (Å²) < 4.78 is 11.5. The molecule has 0 saturated heterocycles. The molecule has 0 aliphatic heterocycles. The second-order valence-electron chi connectivity index (χ2n) is 5.63. The topological polar surface area (TPSA) is 38.7 Å². The number of hydrogen-bond acceptors (Lipinski definition) is 3. The number of phenolic OH excluding ortho intramolecular Hbond substituents is 1. The number of ether oxygens (including phenoxy) is 2. The zero-order chi connectivity index (χ0) is 17.5. The number of hydrogen-bond donors (Lipinski definition) is 1. The Balaban J connectivity index is 1.50. The molecule has 4 heteroatoms. The Morgan fingerprint density at radius 3 is 2.40 bits per heavy atom. The molecule has 0 atom stereocenters. The lowest BCUT2D eigenvalue weighted by atomic mass is 10.1. The highest BCUT2D eigenvalue weighted by Gasteiger charge is 2.02. The third-order valence-corrected chi connectivity index (χ3v) is 3.98. The lowest BCUT2D eigenvalue weighted by molar-refractivity contribution is 0.310. The van der Waals surface area contributed by atoms with Gasteiger partial charge in [0.15, 0.2) is 0 Å². The average molecular weight is 355 g/mol. The fourth-order valence-electron chi connectivity index (χ4n) is 2.43. The standard InChI is InChI=1S/C21H19ClO3/c22-20-15-18(11-12-21(20)23)24-13-5-7-16-6-4-10-19(14-16)25-17-8-2-1-3-9-17/h1-4,6,8-12,14-15,23H,5,7,13H2. The van der Waals surface area contributed by atoms with E-state index in [1.165, 1.54) is 11.6 Å². The molecule has 0 bridgehead atoms. The Labute approximate surface area is 152 Å². The van der Waals surface area contributed by atoms with E-state index in [4.69, 9.17) is 21.1 Å². The van der Waals surface area contributed by atoms with Gasteiger partial charge in [0.2, 0.25) is 0 Å². The van der Waals surface area contributed by atoms with Gasteiger partial charge in [-0.25, -0.2) is 0 Å². The van der Waals surface area contributed by atoms with Crippen molar-refractivity contribution in [2.75, 3.05) is 6.61 Å². The molecule has 0 heterocycles. The van der Waals surface area contributed by atoms with Crippen molar-refractivity contribution < 1.29 is 14.6 Å². The second-order valence-corrected chi connectivity index (χ2v) is 6.03. The van der Waals surface area contributed by atoms with E-state index in [0.29, 0.717) is 17.4 Å². The Kier molecular flexibility index (Phi) is 5.81. The average Bonchev–Trinajstić information content (AvgIpc) is 2.63. The molecule has 3 aromatic rings. The highest BCUT2D eigenvalue weighted by molar-refractivity contribution is 6.32. The van der Waals surface area contributed by atoms with E-state index in [9.17, 15) is 5.11 Å². The Morgan fingerprint density at radius 2 is 1.60 bits per heavy atom. The molecule has 0 aliphatic carbocycles. The van der Waals surface area contributed by atoms with E-state index in [0.717, 1.165) is 24.3 Å². The number of para-hydroxylation sites is 1. The van der Waals surface area contributed by atoms with Gasteiger partial charge in [0, 0.05) is 6.07 Å². The zero-order valence-electron chi connectivity index (χ0n) is 13.7. The van der Waals surface area contributed by atoms with Gasteiger partial charge in [-0.05, 0) is 54.8 Å². The van der Waals surface area contributed by atoms with Crippen LogP contribution in [0.3, 0.4) is 0 Å². The number of benzene rings is 3. The van der Waals surface area contributed by atoms with Crippen LogP contribution in [0.4, 0.5) is 0 Å². The van der Waals surface area contributed by atoms with Crippen LogP contribution in [0, 0.1) is 0 Å². The minimum absolute atomic E-state index is 0.0595. The van der Waals surface area contributed by atoms with Crippen molar-refractivity contribution in [2.24, 2.45) is 0 Å². The Hall–Kier alpha value is -2.65. The van der Waals surface area contributed by atoms with E-state index in [1.54, 1.807) is 12.1 Å². The van der Waals surface area contributed by atoms with Gasteiger partial charge in [-0.2, -0.15) is 0 Å². The molecule has 128 valence electrons. The SMILES string of the molecule is Oc1ccc(OCCCc2cccc(Oc3ccccc3)c2)cc1Cl. The van der Waals surface area contributed by atoms with Gasteiger partial charge >= 0.3 is 0 Å². The summed E-state index contributed by atoms with van der Waals surface area (Å²) in [6, 6.07) is 22.7. The Morgan fingerprint density at radius 1 is 0.800 bits per heavy atom. The van der Waals surface area contributed by atoms with Crippen molar-refractivity contribution in [1.29, 1.82) is 0 Å². The maximum absolute atomic E-state index is 9.40. The maximum atomic E-state index is 9.40. The highest BCUT2D eigenvalue weighted by atomic mass is 35.5. The molecule has 0 aromatic heterocycles. The lowest BCUT2D eigenvalue weighted by Gasteiger charge is -2.09. The van der Waals surface area contributed by atoms with Crippen molar-refractivity contribution in [2.45, 2.75) is 12.8 Å². The van der Waals surface area contributed by atoms with Gasteiger partial charge in [0.25, 0.3) is 0 Å². The summed E-state index contributed by atoms with van der Waals surface area (Å²) in [5.41, 5.74) is 1.20. The van der Waals surface area contributed by atoms with E-state index in [2.05, 4.69) is 6.07 Å². The summed E-state index contributed by atoms with van der Waals surface area (Å²) in [6.45, 7) is 0.574. The van der Waals surface area contributed by atoms with Gasteiger partial charge in [-0.1, -0.05) is 41.9 Å². The predicted molar refractivity (Wildman–Crippen MR) is 99.9 cm³/mol. The van der Waals surface area contributed by atoms with E-state index >= 15 is 0 Å². The molecule has 3 aromatic carbocycles. The van der Waals surface area contributed by atoms with Crippen LogP contribution >= 0.6 is 11.6 Å².